The van der Waals surface area contributed by atoms with E-state index >= 15 is 0 Å². The van der Waals surface area contributed by atoms with Gasteiger partial charge in [0.25, 0.3) is 10.0 Å². The first kappa shape index (κ1) is 13.7. The second-order valence-corrected chi connectivity index (χ2v) is 6.05. The summed E-state index contributed by atoms with van der Waals surface area (Å²) in [4.78, 5) is 6.76. The number of rotatable bonds is 3. The molecule has 1 heterocycles. The maximum Gasteiger partial charge on any atom is 0.265 e. The summed E-state index contributed by atoms with van der Waals surface area (Å²) < 4.78 is 40.0. The van der Waals surface area contributed by atoms with Gasteiger partial charge in [-0.25, -0.2) is 22.8 Å². The zero-order chi connectivity index (χ0) is 14.0. The van der Waals surface area contributed by atoms with Gasteiger partial charge in [-0.3, -0.25) is 4.72 Å². The largest absolute Gasteiger partial charge is 0.399 e. The quantitative estimate of drug-likeness (QED) is 0.825. The predicted molar refractivity (Wildman–Crippen MR) is 71.4 cm³/mol. The van der Waals surface area contributed by atoms with Crippen molar-refractivity contribution in [1.29, 1.82) is 0 Å². The maximum atomic E-state index is 13.8. The molecule has 0 saturated carbocycles. The van der Waals surface area contributed by atoms with Gasteiger partial charge < -0.3 is 5.73 Å². The molecule has 0 fully saturated rings. The fourth-order valence-electron chi connectivity index (χ4n) is 1.34. The summed E-state index contributed by atoms with van der Waals surface area (Å²) in [6.45, 7) is 0. The second-order valence-electron chi connectivity index (χ2n) is 3.55. The van der Waals surface area contributed by atoms with Gasteiger partial charge in [-0.1, -0.05) is 0 Å². The van der Waals surface area contributed by atoms with Crippen LogP contribution in [0.3, 0.4) is 0 Å². The van der Waals surface area contributed by atoms with Crippen LogP contribution < -0.4 is 10.5 Å². The third kappa shape index (κ3) is 2.99. The molecule has 0 atom stereocenters. The molecule has 9 heteroatoms. The number of halogens is 2. The van der Waals surface area contributed by atoms with E-state index in [9.17, 15) is 12.8 Å². The lowest BCUT2D eigenvalue weighted by Crippen LogP contribution is -2.15. The fourth-order valence-corrected chi connectivity index (χ4v) is 3.11. The van der Waals surface area contributed by atoms with E-state index in [-0.39, 0.29) is 15.8 Å². The Bertz CT molecular complexity index is 709. The molecule has 6 nitrogen and oxygen atoms in total. The Morgan fingerprint density at radius 3 is 2.53 bits per heavy atom. The number of nitrogens with zero attached hydrogens (tertiary/aromatic N) is 2. The van der Waals surface area contributed by atoms with Crippen LogP contribution in [0.15, 0.2) is 40.2 Å². The first-order valence-electron chi connectivity index (χ1n) is 4.92. The molecule has 0 saturated heterocycles. The minimum absolute atomic E-state index is 0.0304. The van der Waals surface area contributed by atoms with Gasteiger partial charge in [0, 0.05) is 5.69 Å². The van der Waals surface area contributed by atoms with Crippen LogP contribution >= 0.6 is 15.9 Å². The van der Waals surface area contributed by atoms with Crippen LogP contribution in [0.5, 0.6) is 0 Å². The van der Waals surface area contributed by atoms with Gasteiger partial charge in [-0.05, 0) is 28.1 Å². The molecule has 3 N–H and O–H groups in total. The molecule has 0 amide bonds. The van der Waals surface area contributed by atoms with Crippen LogP contribution in [-0.2, 0) is 10.0 Å². The molecule has 1 aromatic carbocycles. The number of hydrogen-bond donors (Lipinski definition) is 2. The number of hydrogen-bond acceptors (Lipinski definition) is 5. The van der Waals surface area contributed by atoms with E-state index < -0.39 is 20.7 Å². The standard InChI is InChI=1S/C10H8BrFN4O2S/c11-8-1-6(13)2-9(10(8)12)19(17,18)16-7-3-14-5-15-4-7/h1-5,16H,13H2. The minimum Gasteiger partial charge on any atom is -0.399 e. The highest BCUT2D eigenvalue weighted by atomic mass is 79.9. The van der Waals surface area contributed by atoms with E-state index in [0.717, 1.165) is 6.07 Å². The molecule has 1 aromatic heterocycles. The van der Waals surface area contributed by atoms with E-state index in [1.54, 1.807) is 0 Å². The Morgan fingerprint density at radius 1 is 1.26 bits per heavy atom. The monoisotopic (exact) mass is 346 g/mol. The second kappa shape index (κ2) is 5.10. The lowest BCUT2D eigenvalue weighted by molar-refractivity contribution is 0.567. The van der Waals surface area contributed by atoms with E-state index in [2.05, 4.69) is 30.6 Å². The number of benzene rings is 1. The number of anilines is 2. The molecule has 0 radical (unpaired) electrons. The first-order chi connectivity index (χ1) is 8.90. The van der Waals surface area contributed by atoms with Crippen LogP contribution in [0.25, 0.3) is 0 Å². The van der Waals surface area contributed by atoms with Crippen molar-refractivity contribution in [3.8, 4) is 0 Å². The number of nitrogens with one attached hydrogen (secondary N) is 1. The smallest absolute Gasteiger partial charge is 0.265 e. The van der Waals surface area contributed by atoms with Gasteiger partial charge in [0.15, 0.2) is 5.82 Å². The van der Waals surface area contributed by atoms with E-state index in [4.69, 9.17) is 5.73 Å². The summed E-state index contributed by atoms with van der Waals surface area (Å²) in [6, 6.07) is 2.31. The molecule has 2 rings (SSSR count). The van der Waals surface area contributed by atoms with Gasteiger partial charge in [-0.15, -0.1) is 0 Å². The van der Waals surface area contributed by atoms with Crippen LogP contribution in [0.1, 0.15) is 0 Å². The van der Waals surface area contributed by atoms with Crippen molar-refractivity contribution in [3.63, 3.8) is 0 Å². The van der Waals surface area contributed by atoms with Crippen LogP contribution in [0.2, 0.25) is 0 Å². The Morgan fingerprint density at radius 2 is 1.89 bits per heavy atom. The summed E-state index contributed by atoms with van der Waals surface area (Å²) in [5.41, 5.74) is 5.75. The number of sulfonamides is 1. The third-order valence-corrected chi connectivity index (χ3v) is 4.08. The van der Waals surface area contributed by atoms with Crippen molar-refractivity contribution in [2.24, 2.45) is 0 Å². The van der Waals surface area contributed by atoms with Crippen molar-refractivity contribution in [1.82, 2.24) is 9.97 Å². The summed E-state index contributed by atoms with van der Waals surface area (Å²) in [7, 11) is -4.10. The lowest BCUT2D eigenvalue weighted by Gasteiger charge is -2.09. The molecule has 19 heavy (non-hydrogen) atoms. The molecule has 0 bridgehead atoms. The van der Waals surface area contributed by atoms with E-state index in [0.29, 0.717) is 0 Å². The van der Waals surface area contributed by atoms with Crippen molar-refractivity contribution in [2.45, 2.75) is 4.90 Å². The van der Waals surface area contributed by atoms with Gasteiger partial charge in [0.1, 0.15) is 11.2 Å². The number of nitrogens with two attached hydrogens (primary N) is 1. The average molecular weight is 347 g/mol. The Balaban J connectivity index is 2.46. The number of aromatic nitrogens is 2. The van der Waals surface area contributed by atoms with Crippen molar-refractivity contribution < 1.29 is 12.8 Å². The summed E-state index contributed by atoms with van der Waals surface area (Å²) in [5.74, 6) is -0.918. The molecular weight excluding hydrogens is 339 g/mol. The molecule has 0 spiro atoms. The molecule has 0 unspecified atom stereocenters. The van der Waals surface area contributed by atoms with Crippen molar-refractivity contribution in [3.05, 3.63) is 41.1 Å². The zero-order valence-electron chi connectivity index (χ0n) is 9.34. The van der Waals surface area contributed by atoms with Crippen LogP contribution in [0, 0.1) is 5.82 Å². The normalized spacial score (nSPS) is 11.3. The van der Waals surface area contributed by atoms with Gasteiger partial charge in [-0.2, -0.15) is 0 Å². The Kier molecular flexibility index (Phi) is 3.67. The third-order valence-electron chi connectivity index (χ3n) is 2.12. The van der Waals surface area contributed by atoms with Crippen molar-refractivity contribution >= 4 is 37.3 Å². The summed E-state index contributed by atoms with van der Waals surface area (Å²) in [5, 5.41) is 0. The predicted octanol–water partition coefficient (Wildman–Crippen LogP) is 1.76. The lowest BCUT2D eigenvalue weighted by atomic mass is 10.3. The molecule has 0 aliphatic carbocycles. The van der Waals surface area contributed by atoms with E-state index in [1.807, 2.05) is 0 Å². The number of nitrogen functional groups attached to an aromatic ring is 1. The van der Waals surface area contributed by atoms with Crippen LogP contribution in [0.4, 0.5) is 15.8 Å². The van der Waals surface area contributed by atoms with E-state index in [1.165, 1.54) is 24.8 Å². The highest BCUT2D eigenvalue weighted by Crippen LogP contribution is 2.27. The minimum atomic E-state index is -4.10. The highest BCUT2D eigenvalue weighted by molar-refractivity contribution is 9.10. The van der Waals surface area contributed by atoms with Gasteiger partial charge >= 0.3 is 0 Å². The highest BCUT2D eigenvalue weighted by Gasteiger charge is 2.22. The SMILES string of the molecule is Nc1cc(Br)c(F)c(S(=O)(=O)Nc2cncnc2)c1. The van der Waals surface area contributed by atoms with Gasteiger partial charge in [0.2, 0.25) is 0 Å². The topological polar surface area (TPSA) is 98.0 Å². The first-order valence-corrected chi connectivity index (χ1v) is 7.20. The van der Waals surface area contributed by atoms with Gasteiger partial charge in [0.05, 0.1) is 22.6 Å². The Labute approximate surface area is 117 Å². The summed E-state index contributed by atoms with van der Waals surface area (Å²) in [6.07, 6.45) is 3.75. The fraction of sp³-hybridized carbons (Fsp3) is 0. The molecule has 100 valence electrons. The molecule has 0 aliphatic rings. The van der Waals surface area contributed by atoms with Crippen molar-refractivity contribution in [2.75, 3.05) is 10.5 Å². The average Bonchev–Trinajstić information content (AvgIpc) is 2.34. The molecular formula is C10H8BrFN4O2S. The molecule has 2 aromatic rings. The zero-order valence-corrected chi connectivity index (χ0v) is 11.7. The van der Waals surface area contributed by atoms with Crippen LogP contribution in [-0.4, -0.2) is 18.4 Å². The molecule has 0 aliphatic heterocycles. The maximum absolute atomic E-state index is 13.8. The Hall–Kier alpha value is -1.74. The summed E-state index contributed by atoms with van der Waals surface area (Å²) >= 11 is 2.90.